The topological polar surface area (TPSA) is 75.6 Å². The molecule has 0 amide bonds. The van der Waals surface area contributed by atoms with Crippen molar-refractivity contribution < 1.29 is 18.3 Å². The molecule has 0 spiro atoms. The molecule has 1 fully saturated rings. The van der Waals surface area contributed by atoms with Crippen molar-refractivity contribution in [2.45, 2.75) is 56.6 Å². The molecule has 0 aromatic heterocycles. The minimum absolute atomic E-state index is 0.0311. The van der Waals surface area contributed by atoms with Crippen molar-refractivity contribution in [1.82, 2.24) is 4.72 Å². The van der Waals surface area contributed by atoms with E-state index in [0.29, 0.717) is 17.9 Å². The molecular formula is C15H23NO4S. The van der Waals surface area contributed by atoms with Gasteiger partial charge in [0.25, 0.3) is 0 Å². The molecule has 2 N–H and O–H groups in total. The highest BCUT2D eigenvalue weighted by Gasteiger charge is 2.23. The molecule has 21 heavy (non-hydrogen) atoms. The molecule has 0 heterocycles. The first-order valence-corrected chi connectivity index (χ1v) is 8.94. The summed E-state index contributed by atoms with van der Waals surface area (Å²) >= 11 is 0. The van der Waals surface area contributed by atoms with Crippen LogP contribution in [0.25, 0.3) is 0 Å². The van der Waals surface area contributed by atoms with Gasteiger partial charge in [0.05, 0.1) is 18.1 Å². The van der Waals surface area contributed by atoms with Crippen molar-refractivity contribution in [2.75, 3.05) is 6.61 Å². The number of nitrogens with one attached hydrogen (secondary N) is 1. The van der Waals surface area contributed by atoms with E-state index in [1.165, 1.54) is 12.1 Å². The fourth-order valence-corrected chi connectivity index (χ4v) is 3.89. The summed E-state index contributed by atoms with van der Waals surface area (Å²) in [7, 11) is -3.53. The third-order valence-corrected chi connectivity index (χ3v) is 5.17. The zero-order chi connectivity index (χ0) is 15.3. The summed E-state index contributed by atoms with van der Waals surface area (Å²) in [4.78, 5) is 0.183. The van der Waals surface area contributed by atoms with Crippen LogP contribution in [0.3, 0.4) is 0 Å². The van der Waals surface area contributed by atoms with Crippen LogP contribution in [0.2, 0.25) is 0 Å². The van der Waals surface area contributed by atoms with E-state index in [4.69, 9.17) is 4.74 Å². The fraction of sp³-hybridized carbons (Fsp3) is 0.600. The van der Waals surface area contributed by atoms with Gasteiger partial charge in [-0.2, -0.15) is 0 Å². The summed E-state index contributed by atoms with van der Waals surface area (Å²) in [5.74, 6) is 0.541. The summed E-state index contributed by atoms with van der Waals surface area (Å²) in [5, 5.41) is 9.40. The highest BCUT2D eigenvalue weighted by atomic mass is 32.2. The van der Waals surface area contributed by atoms with E-state index >= 15 is 0 Å². The second-order valence-electron chi connectivity index (χ2n) is 5.38. The molecule has 1 aromatic rings. The van der Waals surface area contributed by atoms with Crippen LogP contribution in [0.15, 0.2) is 23.1 Å². The molecule has 1 saturated carbocycles. The standard InChI is InChI=1S/C15H23NO4S/c1-2-9-20-15-8-7-14(10-12(15)11-17)21(18,19)16-13-5-3-4-6-13/h7-8,10,13,16-17H,2-6,9,11H2,1H3. The first-order valence-electron chi connectivity index (χ1n) is 7.45. The molecule has 2 rings (SSSR count). The first-order chi connectivity index (χ1) is 10.1. The van der Waals surface area contributed by atoms with Crippen LogP contribution in [0.1, 0.15) is 44.6 Å². The van der Waals surface area contributed by atoms with E-state index in [9.17, 15) is 13.5 Å². The fourth-order valence-electron chi connectivity index (χ4n) is 2.53. The molecule has 0 atom stereocenters. The van der Waals surface area contributed by atoms with Crippen LogP contribution in [0.4, 0.5) is 0 Å². The lowest BCUT2D eigenvalue weighted by atomic mass is 10.2. The minimum atomic E-state index is -3.53. The third kappa shape index (κ3) is 4.18. The van der Waals surface area contributed by atoms with Gasteiger partial charge in [-0.05, 0) is 37.5 Å². The van der Waals surface area contributed by atoms with Crippen molar-refractivity contribution in [1.29, 1.82) is 0 Å². The predicted octanol–water partition coefficient (Wildman–Crippen LogP) is 2.19. The minimum Gasteiger partial charge on any atom is -0.493 e. The summed E-state index contributed by atoms with van der Waals surface area (Å²) in [6, 6.07) is 4.66. The van der Waals surface area contributed by atoms with Crippen molar-refractivity contribution in [3.8, 4) is 5.75 Å². The van der Waals surface area contributed by atoms with Gasteiger partial charge in [0.1, 0.15) is 5.75 Å². The third-order valence-electron chi connectivity index (χ3n) is 3.65. The largest absolute Gasteiger partial charge is 0.493 e. The Balaban J connectivity index is 2.18. The summed E-state index contributed by atoms with van der Waals surface area (Å²) in [6.07, 6.45) is 4.78. The van der Waals surface area contributed by atoms with Gasteiger partial charge in [-0.25, -0.2) is 13.1 Å². The molecule has 1 aliphatic rings. The Morgan fingerprint density at radius 1 is 1.33 bits per heavy atom. The molecule has 1 aliphatic carbocycles. The summed E-state index contributed by atoms with van der Waals surface area (Å²) in [6.45, 7) is 2.29. The Labute approximate surface area is 126 Å². The molecule has 118 valence electrons. The second-order valence-corrected chi connectivity index (χ2v) is 7.09. The molecule has 6 heteroatoms. The lowest BCUT2D eigenvalue weighted by Gasteiger charge is -2.15. The van der Waals surface area contributed by atoms with Crippen LogP contribution < -0.4 is 9.46 Å². The van der Waals surface area contributed by atoms with Crippen molar-refractivity contribution >= 4 is 10.0 Å². The lowest BCUT2D eigenvalue weighted by Crippen LogP contribution is -2.32. The summed E-state index contributed by atoms with van der Waals surface area (Å²) < 4.78 is 32.9. The number of aliphatic hydroxyl groups is 1. The van der Waals surface area contributed by atoms with Crippen LogP contribution >= 0.6 is 0 Å². The van der Waals surface area contributed by atoms with Crippen molar-refractivity contribution in [3.63, 3.8) is 0 Å². The number of ether oxygens (including phenoxy) is 1. The van der Waals surface area contributed by atoms with E-state index in [2.05, 4.69) is 4.72 Å². The predicted molar refractivity (Wildman–Crippen MR) is 80.7 cm³/mol. The second kappa shape index (κ2) is 7.24. The Bertz CT molecular complexity index is 565. The number of aliphatic hydroxyl groups excluding tert-OH is 1. The average molecular weight is 313 g/mol. The highest BCUT2D eigenvalue weighted by Crippen LogP contribution is 2.25. The average Bonchev–Trinajstić information content (AvgIpc) is 2.97. The van der Waals surface area contributed by atoms with Gasteiger partial charge >= 0.3 is 0 Å². The first kappa shape index (κ1) is 16.3. The number of sulfonamides is 1. The van der Waals surface area contributed by atoms with Gasteiger partial charge in [0.2, 0.25) is 10.0 Å². The highest BCUT2D eigenvalue weighted by molar-refractivity contribution is 7.89. The maximum Gasteiger partial charge on any atom is 0.240 e. The molecule has 0 aliphatic heterocycles. The zero-order valence-corrected chi connectivity index (χ0v) is 13.2. The van der Waals surface area contributed by atoms with Crippen molar-refractivity contribution in [2.24, 2.45) is 0 Å². The van der Waals surface area contributed by atoms with E-state index in [1.54, 1.807) is 6.07 Å². The van der Waals surface area contributed by atoms with Crippen LogP contribution in [0.5, 0.6) is 5.75 Å². The number of hydrogen-bond acceptors (Lipinski definition) is 4. The molecule has 0 bridgehead atoms. The Kier molecular flexibility index (Phi) is 5.61. The molecule has 1 aromatic carbocycles. The van der Waals surface area contributed by atoms with E-state index in [1.807, 2.05) is 6.92 Å². The Hall–Kier alpha value is -1.11. The zero-order valence-electron chi connectivity index (χ0n) is 12.3. The van der Waals surface area contributed by atoms with Gasteiger partial charge in [0.15, 0.2) is 0 Å². The Morgan fingerprint density at radius 2 is 2.05 bits per heavy atom. The van der Waals surface area contributed by atoms with Crippen LogP contribution in [0, 0.1) is 0 Å². The quantitative estimate of drug-likeness (QED) is 0.809. The lowest BCUT2D eigenvalue weighted by molar-refractivity contribution is 0.262. The monoisotopic (exact) mass is 313 g/mol. The van der Waals surface area contributed by atoms with Crippen LogP contribution in [-0.4, -0.2) is 26.2 Å². The Morgan fingerprint density at radius 3 is 2.67 bits per heavy atom. The molecule has 0 radical (unpaired) electrons. The molecule has 0 unspecified atom stereocenters. The van der Waals surface area contributed by atoms with E-state index < -0.39 is 10.0 Å². The molecule has 5 nitrogen and oxygen atoms in total. The maximum absolute atomic E-state index is 12.3. The molecule has 0 saturated heterocycles. The number of hydrogen-bond donors (Lipinski definition) is 2. The van der Waals surface area contributed by atoms with E-state index in [-0.39, 0.29) is 17.5 Å². The van der Waals surface area contributed by atoms with Crippen LogP contribution in [-0.2, 0) is 16.6 Å². The van der Waals surface area contributed by atoms with Gasteiger partial charge < -0.3 is 9.84 Å². The van der Waals surface area contributed by atoms with Gasteiger partial charge in [0, 0.05) is 11.6 Å². The SMILES string of the molecule is CCCOc1ccc(S(=O)(=O)NC2CCCC2)cc1CO. The van der Waals surface area contributed by atoms with E-state index in [0.717, 1.165) is 32.1 Å². The van der Waals surface area contributed by atoms with Gasteiger partial charge in [-0.15, -0.1) is 0 Å². The normalized spacial score (nSPS) is 16.3. The summed E-state index contributed by atoms with van der Waals surface area (Å²) in [5.41, 5.74) is 0.498. The van der Waals surface area contributed by atoms with Gasteiger partial charge in [-0.3, -0.25) is 0 Å². The number of rotatable bonds is 7. The molecular weight excluding hydrogens is 290 g/mol. The maximum atomic E-state index is 12.3. The smallest absolute Gasteiger partial charge is 0.240 e. The van der Waals surface area contributed by atoms with Gasteiger partial charge in [-0.1, -0.05) is 19.8 Å². The van der Waals surface area contributed by atoms with Crippen molar-refractivity contribution in [3.05, 3.63) is 23.8 Å². The number of benzene rings is 1.